The van der Waals surface area contributed by atoms with Crippen LogP contribution >= 0.6 is 0 Å². The molecule has 29 heavy (non-hydrogen) atoms. The van der Waals surface area contributed by atoms with Gasteiger partial charge in [0.1, 0.15) is 5.75 Å². The van der Waals surface area contributed by atoms with E-state index < -0.39 is 5.97 Å². The van der Waals surface area contributed by atoms with Crippen LogP contribution in [-0.4, -0.2) is 29.1 Å². The van der Waals surface area contributed by atoms with Crippen molar-refractivity contribution in [3.05, 3.63) is 70.5 Å². The summed E-state index contributed by atoms with van der Waals surface area (Å²) in [5.41, 5.74) is 5.90. The first-order valence-electron chi connectivity index (χ1n) is 9.14. The third kappa shape index (κ3) is 3.08. The Labute approximate surface area is 167 Å². The Morgan fingerprint density at radius 1 is 1.10 bits per heavy atom. The lowest BCUT2D eigenvalue weighted by Crippen LogP contribution is -2.03. The molecule has 6 heteroatoms. The van der Waals surface area contributed by atoms with E-state index in [1.54, 1.807) is 27.0 Å². The number of hydrogen-bond acceptors (Lipinski definition) is 3. The van der Waals surface area contributed by atoms with Crippen LogP contribution < -0.4 is 10.1 Å². The zero-order valence-electron chi connectivity index (χ0n) is 16.3. The third-order valence-corrected chi connectivity index (χ3v) is 5.21. The fourth-order valence-corrected chi connectivity index (χ4v) is 3.78. The summed E-state index contributed by atoms with van der Waals surface area (Å²) in [6.45, 7) is 3.45. The maximum absolute atomic E-state index is 12.7. The molecule has 1 aromatic heterocycles. The summed E-state index contributed by atoms with van der Waals surface area (Å²) in [5.74, 6) is -0.453. The predicted octanol–water partition coefficient (Wildman–Crippen LogP) is 4.50. The number of methoxy groups -OCH3 is 1. The zero-order chi connectivity index (χ0) is 20.7. The van der Waals surface area contributed by atoms with Crippen molar-refractivity contribution in [2.45, 2.75) is 13.8 Å². The topological polar surface area (TPSA) is 91.4 Å². The predicted molar refractivity (Wildman–Crippen MR) is 112 cm³/mol. The summed E-state index contributed by atoms with van der Waals surface area (Å²) in [5, 5.41) is 12.3. The molecule has 146 valence electrons. The molecule has 2 aromatic carbocycles. The van der Waals surface area contributed by atoms with Gasteiger partial charge in [0.25, 0.3) is 5.91 Å². The molecule has 0 aliphatic carbocycles. The van der Waals surface area contributed by atoms with Gasteiger partial charge in [0.2, 0.25) is 0 Å². The number of fused-ring (bicyclic) bond motifs is 1. The van der Waals surface area contributed by atoms with Crippen LogP contribution in [0.4, 0.5) is 5.69 Å². The van der Waals surface area contributed by atoms with Crippen LogP contribution in [0.1, 0.15) is 32.9 Å². The smallest absolute Gasteiger partial charge is 0.337 e. The van der Waals surface area contributed by atoms with E-state index in [4.69, 9.17) is 4.74 Å². The maximum Gasteiger partial charge on any atom is 0.337 e. The number of rotatable bonds is 4. The Balaban J connectivity index is 1.87. The van der Waals surface area contributed by atoms with Crippen molar-refractivity contribution in [1.82, 2.24) is 4.98 Å². The standard InChI is InChI=1S/C23H20N2O4/c1-12-19(24-13(2)20(12)23(27)28)11-17-21-16(5-4-6-18(21)25-22(17)26)14-7-9-15(29-3)10-8-14/h4-11,24H,1-3H3,(H,25,26)(H,27,28)/b17-11-. The van der Waals surface area contributed by atoms with E-state index in [0.717, 1.165) is 28.1 Å². The number of benzene rings is 2. The van der Waals surface area contributed by atoms with Gasteiger partial charge in [0, 0.05) is 22.6 Å². The highest BCUT2D eigenvalue weighted by molar-refractivity contribution is 6.36. The number of nitrogens with one attached hydrogen (secondary N) is 2. The molecule has 2 heterocycles. The molecule has 0 saturated heterocycles. The molecule has 4 rings (SSSR count). The summed E-state index contributed by atoms with van der Waals surface area (Å²) < 4.78 is 5.23. The number of carbonyl (C=O) groups excluding carboxylic acids is 1. The fourth-order valence-electron chi connectivity index (χ4n) is 3.78. The van der Waals surface area contributed by atoms with Gasteiger partial charge in [-0.1, -0.05) is 24.3 Å². The fraction of sp³-hybridized carbons (Fsp3) is 0.130. The Morgan fingerprint density at radius 2 is 1.83 bits per heavy atom. The molecule has 1 aliphatic rings. The molecule has 0 saturated carbocycles. The SMILES string of the molecule is COc1ccc(-c2cccc3c2/C(=C/c2[nH]c(C)c(C(=O)O)c2C)C(=O)N3)cc1. The van der Waals surface area contributed by atoms with Crippen LogP contribution in [0.5, 0.6) is 5.75 Å². The van der Waals surface area contributed by atoms with Gasteiger partial charge in [0.05, 0.1) is 18.2 Å². The number of aromatic nitrogens is 1. The first kappa shape index (κ1) is 18.6. The number of carboxylic acid groups (broad SMARTS) is 1. The van der Waals surface area contributed by atoms with E-state index in [1.807, 2.05) is 42.5 Å². The van der Waals surface area contributed by atoms with Crippen molar-refractivity contribution in [2.24, 2.45) is 0 Å². The Bertz CT molecular complexity index is 1170. The van der Waals surface area contributed by atoms with Crippen molar-refractivity contribution in [3.63, 3.8) is 0 Å². The van der Waals surface area contributed by atoms with E-state index in [0.29, 0.717) is 22.5 Å². The minimum Gasteiger partial charge on any atom is -0.497 e. The highest BCUT2D eigenvalue weighted by Crippen LogP contribution is 2.41. The van der Waals surface area contributed by atoms with E-state index in [2.05, 4.69) is 10.3 Å². The summed E-state index contributed by atoms with van der Waals surface area (Å²) in [6.07, 6.45) is 1.73. The van der Waals surface area contributed by atoms with Gasteiger partial charge in [-0.2, -0.15) is 0 Å². The average Bonchev–Trinajstić information content (AvgIpc) is 3.17. The second kappa shape index (κ2) is 6.98. The average molecular weight is 388 g/mol. The number of amides is 1. The van der Waals surface area contributed by atoms with Gasteiger partial charge in [-0.05, 0) is 54.8 Å². The lowest BCUT2D eigenvalue weighted by atomic mass is 9.94. The molecule has 0 spiro atoms. The first-order valence-corrected chi connectivity index (χ1v) is 9.14. The van der Waals surface area contributed by atoms with Gasteiger partial charge >= 0.3 is 5.97 Å². The van der Waals surface area contributed by atoms with Gasteiger partial charge in [-0.3, -0.25) is 4.79 Å². The van der Waals surface area contributed by atoms with Crippen LogP contribution in [0.3, 0.4) is 0 Å². The van der Waals surface area contributed by atoms with Crippen molar-refractivity contribution >= 4 is 29.2 Å². The Morgan fingerprint density at radius 3 is 2.45 bits per heavy atom. The number of aryl methyl sites for hydroxylation is 1. The van der Waals surface area contributed by atoms with Crippen molar-refractivity contribution in [1.29, 1.82) is 0 Å². The molecule has 0 unspecified atom stereocenters. The Hall–Kier alpha value is -3.80. The Kier molecular flexibility index (Phi) is 4.47. The number of aromatic carboxylic acids is 1. The normalized spacial score (nSPS) is 14.0. The summed E-state index contributed by atoms with van der Waals surface area (Å²) in [7, 11) is 1.62. The molecule has 0 atom stereocenters. The molecule has 0 radical (unpaired) electrons. The number of carbonyl (C=O) groups is 2. The monoisotopic (exact) mass is 388 g/mol. The van der Waals surface area contributed by atoms with Crippen molar-refractivity contribution < 1.29 is 19.4 Å². The van der Waals surface area contributed by atoms with Crippen LogP contribution in [0.15, 0.2) is 42.5 Å². The van der Waals surface area contributed by atoms with Gasteiger partial charge in [-0.15, -0.1) is 0 Å². The largest absolute Gasteiger partial charge is 0.497 e. The third-order valence-electron chi connectivity index (χ3n) is 5.21. The number of carboxylic acids is 1. The molecule has 6 nitrogen and oxygen atoms in total. The van der Waals surface area contributed by atoms with Crippen LogP contribution in [-0.2, 0) is 4.79 Å². The van der Waals surface area contributed by atoms with Crippen LogP contribution in [0.2, 0.25) is 0 Å². The number of H-pyrrole nitrogens is 1. The summed E-state index contributed by atoms with van der Waals surface area (Å²) in [4.78, 5) is 27.3. The molecule has 3 N–H and O–H groups in total. The van der Waals surface area contributed by atoms with Gasteiger partial charge in [-0.25, -0.2) is 4.79 Å². The maximum atomic E-state index is 12.7. The van der Waals surface area contributed by atoms with E-state index >= 15 is 0 Å². The quantitative estimate of drug-likeness (QED) is 0.574. The first-order chi connectivity index (χ1) is 13.9. The van der Waals surface area contributed by atoms with Crippen LogP contribution in [0, 0.1) is 13.8 Å². The molecular weight excluding hydrogens is 368 g/mol. The lowest BCUT2D eigenvalue weighted by Gasteiger charge is -2.09. The molecule has 1 amide bonds. The number of ether oxygens (including phenoxy) is 1. The highest BCUT2D eigenvalue weighted by Gasteiger charge is 2.28. The molecule has 0 fully saturated rings. The van der Waals surface area contributed by atoms with Gasteiger partial charge < -0.3 is 20.1 Å². The lowest BCUT2D eigenvalue weighted by molar-refractivity contribution is -0.110. The zero-order valence-corrected chi connectivity index (χ0v) is 16.3. The van der Waals surface area contributed by atoms with E-state index in [9.17, 15) is 14.7 Å². The minimum absolute atomic E-state index is 0.218. The summed E-state index contributed by atoms with van der Waals surface area (Å²) in [6, 6.07) is 13.4. The summed E-state index contributed by atoms with van der Waals surface area (Å²) >= 11 is 0. The number of anilines is 1. The van der Waals surface area contributed by atoms with Crippen LogP contribution in [0.25, 0.3) is 22.8 Å². The van der Waals surface area contributed by atoms with E-state index in [1.165, 1.54) is 0 Å². The molecular formula is C23H20N2O4. The number of aromatic amines is 1. The highest BCUT2D eigenvalue weighted by atomic mass is 16.5. The molecule has 0 bridgehead atoms. The second-order valence-electron chi connectivity index (χ2n) is 6.94. The number of hydrogen-bond donors (Lipinski definition) is 3. The van der Waals surface area contributed by atoms with Crippen molar-refractivity contribution in [2.75, 3.05) is 12.4 Å². The minimum atomic E-state index is -0.990. The van der Waals surface area contributed by atoms with E-state index in [-0.39, 0.29) is 11.5 Å². The van der Waals surface area contributed by atoms with Gasteiger partial charge in [0.15, 0.2) is 0 Å². The molecule has 1 aliphatic heterocycles. The van der Waals surface area contributed by atoms with Crippen molar-refractivity contribution in [3.8, 4) is 16.9 Å². The molecule has 3 aromatic rings. The second-order valence-corrected chi connectivity index (χ2v) is 6.94.